The number of hydrogen-bond donors (Lipinski definition) is 3. The fraction of sp³-hybridized carbons (Fsp3) is 0.522. The zero-order valence-corrected chi connectivity index (χ0v) is 21.3. The van der Waals surface area contributed by atoms with E-state index >= 15 is 0 Å². The average Bonchev–Trinajstić information content (AvgIpc) is 3.12. The van der Waals surface area contributed by atoms with E-state index in [4.69, 9.17) is 18.5 Å². The zero-order valence-electron chi connectivity index (χ0n) is 20.4. The van der Waals surface area contributed by atoms with Crippen LogP contribution in [0.4, 0.5) is 0 Å². The lowest BCUT2D eigenvalue weighted by Crippen LogP contribution is -2.36. The molecule has 2 heterocycles. The maximum atomic E-state index is 13.6. The molecule has 1 fully saturated rings. The van der Waals surface area contributed by atoms with Crippen LogP contribution in [0.5, 0.6) is 5.75 Å². The molecule has 0 spiro atoms. The number of hydrogen-bond acceptors (Lipinski definition) is 9. The number of para-hydroxylation sites is 1. The minimum atomic E-state index is -4.13. The molecule has 0 radical (unpaired) electrons. The maximum absolute atomic E-state index is 13.6. The van der Waals surface area contributed by atoms with Crippen molar-refractivity contribution in [2.45, 2.75) is 58.1 Å². The quantitative estimate of drug-likeness (QED) is 0.212. The standard InChI is InChI=1S/C23H32N3O9P/c1-4-5-13-32-22(29)16(3)25-36(31,35-17-9-7-6-8-10-17)33-14-18-15(2)20(28)21(34-18)26-12-11-19(27)24-23(26)30/h6-12,15-16,18,20-21,28H,4-5,13-14H2,1-3H3,(H,25,31)(H,24,27,30)/t15-,16?,18-,20-,21-,36?/m1/s1. The Kier molecular flexibility index (Phi) is 9.63. The molecule has 198 valence electrons. The number of nitrogens with one attached hydrogen (secondary N) is 2. The van der Waals surface area contributed by atoms with E-state index in [1.54, 1.807) is 37.3 Å². The van der Waals surface area contributed by atoms with Crippen LogP contribution in [0.2, 0.25) is 0 Å². The second kappa shape index (κ2) is 12.5. The van der Waals surface area contributed by atoms with Crippen LogP contribution < -0.4 is 20.9 Å². The number of aliphatic hydroxyl groups is 1. The molecule has 3 rings (SSSR count). The Balaban J connectivity index is 1.72. The van der Waals surface area contributed by atoms with Crippen molar-refractivity contribution < 1.29 is 33.0 Å². The number of carbonyl (C=O) groups is 1. The molecule has 12 nitrogen and oxygen atoms in total. The number of esters is 1. The van der Waals surface area contributed by atoms with Gasteiger partial charge in [-0.1, -0.05) is 38.5 Å². The number of unbranched alkanes of at least 4 members (excludes halogenated alkanes) is 1. The Labute approximate surface area is 208 Å². The Bertz CT molecular complexity index is 1170. The van der Waals surface area contributed by atoms with Gasteiger partial charge in [-0.3, -0.25) is 23.7 Å². The number of aliphatic hydroxyl groups excluding tert-OH is 1. The van der Waals surface area contributed by atoms with Gasteiger partial charge in [-0.05, 0) is 25.5 Å². The molecule has 3 N–H and O–H groups in total. The highest BCUT2D eigenvalue weighted by atomic mass is 31.2. The Morgan fingerprint density at radius 2 is 2.00 bits per heavy atom. The van der Waals surface area contributed by atoms with E-state index in [-0.39, 0.29) is 19.0 Å². The van der Waals surface area contributed by atoms with Gasteiger partial charge in [0, 0.05) is 18.2 Å². The van der Waals surface area contributed by atoms with Crippen molar-refractivity contribution in [1.29, 1.82) is 0 Å². The summed E-state index contributed by atoms with van der Waals surface area (Å²) in [5, 5.41) is 13.3. The van der Waals surface area contributed by atoms with Crippen LogP contribution in [0, 0.1) is 5.92 Å². The number of carbonyl (C=O) groups excluding carboxylic acids is 1. The largest absolute Gasteiger partial charge is 0.465 e. The summed E-state index contributed by atoms with van der Waals surface area (Å²) >= 11 is 0. The minimum absolute atomic E-state index is 0.239. The lowest BCUT2D eigenvalue weighted by molar-refractivity contribution is -0.145. The van der Waals surface area contributed by atoms with Crippen molar-refractivity contribution in [3.63, 3.8) is 0 Å². The van der Waals surface area contributed by atoms with E-state index in [1.807, 2.05) is 6.92 Å². The molecule has 0 bridgehead atoms. The van der Waals surface area contributed by atoms with Crippen molar-refractivity contribution in [1.82, 2.24) is 14.6 Å². The van der Waals surface area contributed by atoms with Gasteiger partial charge in [0.15, 0.2) is 6.23 Å². The van der Waals surface area contributed by atoms with Gasteiger partial charge in [0.2, 0.25) is 0 Å². The normalized spacial score (nSPS) is 24.1. The number of nitrogens with zero attached hydrogens (tertiary/aromatic N) is 1. The van der Waals surface area contributed by atoms with Gasteiger partial charge in [-0.15, -0.1) is 0 Å². The highest BCUT2D eigenvalue weighted by Crippen LogP contribution is 2.46. The fourth-order valence-electron chi connectivity index (χ4n) is 3.53. The van der Waals surface area contributed by atoms with E-state index < -0.39 is 55.4 Å². The average molecular weight is 525 g/mol. The lowest BCUT2D eigenvalue weighted by atomic mass is 10.0. The van der Waals surface area contributed by atoms with Crippen LogP contribution in [-0.2, 0) is 23.4 Å². The second-order valence-corrected chi connectivity index (χ2v) is 10.2. The molecule has 1 aliphatic heterocycles. The second-order valence-electron chi connectivity index (χ2n) is 8.50. The first kappa shape index (κ1) is 27.8. The van der Waals surface area contributed by atoms with Gasteiger partial charge < -0.3 is 19.1 Å². The van der Waals surface area contributed by atoms with Crippen molar-refractivity contribution in [2.24, 2.45) is 5.92 Å². The van der Waals surface area contributed by atoms with Gasteiger partial charge in [0.1, 0.15) is 17.9 Å². The first-order valence-electron chi connectivity index (χ1n) is 11.7. The molecule has 0 saturated carbocycles. The lowest BCUT2D eigenvalue weighted by Gasteiger charge is -2.24. The third-order valence-electron chi connectivity index (χ3n) is 5.68. The predicted octanol–water partition coefficient (Wildman–Crippen LogP) is 1.96. The minimum Gasteiger partial charge on any atom is -0.465 e. The first-order valence-corrected chi connectivity index (χ1v) is 13.3. The number of ether oxygens (including phenoxy) is 2. The summed E-state index contributed by atoms with van der Waals surface area (Å²) in [7, 11) is -4.13. The van der Waals surface area contributed by atoms with Crippen LogP contribution >= 0.6 is 7.75 Å². The van der Waals surface area contributed by atoms with Crippen LogP contribution in [0.25, 0.3) is 0 Å². The summed E-state index contributed by atoms with van der Waals surface area (Å²) in [6, 6.07) is 8.43. The number of aromatic amines is 1. The molecule has 0 amide bonds. The SMILES string of the molecule is CCCCOC(=O)C(C)NP(=O)(OC[C@H]1O[C@@H](n2ccc(=O)[nH]c2=O)[C@H](O)[C@@H]1C)Oc1ccccc1. The van der Waals surface area contributed by atoms with Gasteiger partial charge in [-0.2, -0.15) is 5.09 Å². The Hall–Kier alpha value is -2.76. The fourth-order valence-corrected chi connectivity index (χ4v) is 5.03. The van der Waals surface area contributed by atoms with Crippen molar-refractivity contribution in [3.05, 3.63) is 63.4 Å². The number of benzene rings is 1. The summed E-state index contributed by atoms with van der Waals surface area (Å²) in [4.78, 5) is 38.0. The van der Waals surface area contributed by atoms with E-state index in [1.165, 1.54) is 13.1 Å². The van der Waals surface area contributed by atoms with Crippen molar-refractivity contribution >= 4 is 13.7 Å². The summed E-state index contributed by atoms with van der Waals surface area (Å²) < 4.78 is 37.0. The Morgan fingerprint density at radius 1 is 1.28 bits per heavy atom. The molecule has 13 heteroatoms. The molecule has 1 aromatic heterocycles. The van der Waals surface area contributed by atoms with Crippen LogP contribution in [0.1, 0.15) is 39.8 Å². The third kappa shape index (κ3) is 7.14. The molecule has 36 heavy (non-hydrogen) atoms. The topological polar surface area (TPSA) is 158 Å². The number of rotatable bonds is 12. The molecule has 2 aromatic rings. The number of H-pyrrole nitrogens is 1. The van der Waals surface area contributed by atoms with E-state index in [2.05, 4.69) is 10.1 Å². The molecule has 6 atom stereocenters. The van der Waals surface area contributed by atoms with Gasteiger partial charge >= 0.3 is 19.4 Å². The molecule has 0 aliphatic carbocycles. The third-order valence-corrected chi connectivity index (χ3v) is 7.33. The maximum Gasteiger partial charge on any atom is 0.459 e. The Morgan fingerprint density at radius 3 is 2.67 bits per heavy atom. The highest BCUT2D eigenvalue weighted by Gasteiger charge is 2.44. The van der Waals surface area contributed by atoms with E-state index in [0.717, 1.165) is 17.1 Å². The van der Waals surface area contributed by atoms with Crippen LogP contribution in [0.15, 0.2) is 52.2 Å². The molecule has 1 aliphatic rings. The summed E-state index contributed by atoms with van der Waals surface area (Å²) in [6.07, 6.45) is -0.214. The summed E-state index contributed by atoms with van der Waals surface area (Å²) in [6.45, 7) is 5.08. The van der Waals surface area contributed by atoms with Crippen LogP contribution in [0.3, 0.4) is 0 Å². The van der Waals surface area contributed by atoms with E-state index in [0.29, 0.717) is 6.42 Å². The smallest absolute Gasteiger partial charge is 0.459 e. The molecule has 1 aromatic carbocycles. The summed E-state index contributed by atoms with van der Waals surface area (Å²) in [5.41, 5.74) is -1.32. The predicted molar refractivity (Wildman–Crippen MR) is 129 cm³/mol. The van der Waals surface area contributed by atoms with Gasteiger partial charge in [0.25, 0.3) is 5.56 Å². The first-order chi connectivity index (χ1) is 17.1. The zero-order chi connectivity index (χ0) is 26.3. The highest BCUT2D eigenvalue weighted by molar-refractivity contribution is 7.52. The van der Waals surface area contributed by atoms with Gasteiger partial charge in [0.05, 0.1) is 19.3 Å². The monoisotopic (exact) mass is 525 g/mol. The molecular weight excluding hydrogens is 493 g/mol. The van der Waals surface area contributed by atoms with Crippen LogP contribution in [-0.4, -0.2) is 52.1 Å². The molecule has 1 saturated heterocycles. The van der Waals surface area contributed by atoms with Crippen molar-refractivity contribution in [3.8, 4) is 5.75 Å². The number of aromatic nitrogens is 2. The van der Waals surface area contributed by atoms with Gasteiger partial charge in [-0.25, -0.2) is 9.36 Å². The molecular formula is C23H32N3O9P. The summed E-state index contributed by atoms with van der Waals surface area (Å²) in [5.74, 6) is -0.893. The molecule has 2 unspecified atom stereocenters. The van der Waals surface area contributed by atoms with Crippen molar-refractivity contribution in [2.75, 3.05) is 13.2 Å². The van der Waals surface area contributed by atoms with E-state index in [9.17, 15) is 24.1 Å².